The van der Waals surface area contributed by atoms with Gasteiger partial charge < -0.3 is 0 Å². The van der Waals surface area contributed by atoms with Crippen LogP contribution < -0.4 is 10.2 Å². The van der Waals surface area contributed by atoms with E-state index in [0.29, 0.717) is 24.1 Å². The first-order valence-corrected chi connectivity index (χ1v) is 8.19. The average Bonchev–Trinajstić information content (AvgIpc) is 3.25. The minimum absolute atomic E-state index is 0.000113. The molecule has 3 aromatic rings. The molecule has 1 aliphatic rings. The minimum atomic E-state index is -0.296. The van der Waals surface area contributed by atoms with Crippen LogP contribution in [-0.4, -0.2) is 38.8 Å². The molecule has 3 aromatic heterocycles. The summed E-state index contributed by atoms with van der Waals surface area (Å²) >= 11 is 5.80. The van der Waals surface area contributed by atoms with E-state index in [0.717, 1.165) is 16.8 Å². The Morgan fingerprint density at radius 2 is 2.08 bits per heavy atom. The largest absolute Gasteiger partial charge is 0.288 e. The van der Waals surface area contributed by atoms with Crippen molar-refractivity contribution in [3.63, 3.8) is 0 Å². The van der Waals surface area contributed by atoms with E-state index >= 15 is 0 Å². The lowest BCUT2D eigenvalue weighted by atomic mass is 10.1. The number of amides is 1. The van der Waals surface area contributed by atoms with Crippen LogP contribution >= 0.6 is 11.6 Å². The number of aromatic amines is 1. The van der Waals surface area contributed by atoms with E-state index in [2.05, 4.69) is 25.5 Å². The van der Waals surface area contributed by atoms with Gasteiger partial charge in [0, 0.05) is 30.2 Å². The zero-order chi connectivity index (χ0) is 17.2. The summed E-state index contributed by atoms with van der Waals surface area (Å²) < 4.78 is 0. The highest BCUT2D eigenvalue weighted by Gasteiger charge is 2.33. The Kier molecular flexibility index (Phi) is 4.17. The maximum atomic E-state index is 12.7. The molecule has 4 heterocycles. The van der Waals surface area contributed by atoms with Gasteiger partial charge in [0.25, 0.3) is 0 Å². The van der Waals surface area contributed by atoms with Crippen molar-refractivity contribution in [3.8, 4) is 11.3 Å². The van der Waals surface area contributed by atoms with Crippen molar-refractivity contribution >= 4 is 23.3 Å². The fourth-order valence-corrected chi connectivity index (χ4v) is 2.91. The number of aromatic nitrogens is 4. The molecule has 1 fully saturated rings. The Balaban J connectivity index is 1.48. The number of pyridine rings is 2. The number of carbonyl (C=O) groups is 1. The van der Waals surface area contributed by atoms with Gasteiger partial charge >= 0.3 is 0 Å². The summed E-state index contributed by atoms with van der Waals surface area (Å²) in [5, 5.41) is 10.9. The maximum Gasteiger partial charge on any atom is 0.246 e. The number of anilines is 1. The third-order valence-electron chi connectivity index (χ3n) is 4.12. The molecular formula is C17H15ClN6O. The smallest absolute Gasteiger partial charge is 0.246 e. The van der Waals surface area contributed by atoms with Crippen molar-refractivity contribution in [1.29, 1.82) is 0 Å². The summed E-state index contributed by atoms with van der Waals surface area (Å²) in [6, 6.07) is 8.92. The van der Waals surface area contributed by atoms with Gasteiger partial charge in [-0.1, -0.05) is 17.7 Å². The van der Waals surface area contributed by atoms with Crippen LogP contribution in [0, 0.1) is 0 Å². The summed E-state index contributed by atoms with van der Waals surface area (Å²) in [6.07, 6.45) is 5.67. The third-order valence-corrected chi connectivity index (χ3v) is 4.34. The molecule has 0 saturated carbocycles. The van der Waals surface area contributed by atoms with Crippen molar-refractivity contribution in [2.24, 2.45) is 0 Å². The summed E-state index contributed by atoms with van der Waals surface area (Å²) in [4.78, 5) is 22.4. The van der Waals surface area contributed by atoms with Crippen LogP contribution in [0.25, 0.3) is 11.3 Å². The van der Waals surface area contributed by atoms with Crippen molar-refractivity contribution < 1.29 is 4.79 Å². The van der Waals surface area contributed by atoms with Gasteiger partial charge in [-0.25, -0.2) is 4.98 Å². The number of nitrogens with one attached hydrogen (secondary N) is 2. The standard InChI is InChI=1S/C17H15ClN6O/c18-15-2-1-11(9-20-15)7-14-17(25)24(10-21-14)16-8-13(22-23-16)12-3-5-19-6-4-12/h1-6,8-9,14,21H,7,10H2,(H,22,23). The molecule has 1 unspecified atom stereocenters. The predicted molar refractivity (Wildman–Crippen MR) is 94.0 cm³/mol. The van der Waals surface area contributed by atoms with Gasteiger partial charge in [-0.3, -0.25) is 25.1 Å². The second-order valence-corrected chi connectivity index (χ2v) is 6.14. The predicted octanol–water partition coefficient (Wildman–Crippen LogP) is 2.03. The van der Waals surface area contributed by atoms with Crippen molar-refractivity contribution in [1.82, 2.24) is 25.5 Å². The number of nitrogens with zero attached hydrogens (tertiary/aromatic N) is 4. The van der Waals surface area contributed by atoms with E-state index in [1.807, 2.05) is 24.3 Å². The van der Waals surface area contributed by atoms with Crippen LogP contribution in [-0.2, 0) is 11.2 Å². The third kappa shape index (κ3) is 3.24. The molecule has 0 spiro atoms. The highest BCUT2D eigenvalue weighted by molar-refractivity contribution is 6.29. The van der Waals surface area contributed by atoms with E-state index in [-0.39, 0.29) is 11.9 Å². The molecule has 4 rings (SSSR count). The lowest BCUT2D eigenvalue weighted by molar-refractivity contribution is -0.118. The molecule has 1 aliphatic heterocycles. The normalized spacial score (nSPS) is 17.2. The van der Waals surface area contributed by atoms with Crippen molar-refractivity contribution in [2.75, 3.05) is 11.6 Å². The van der Waals surface area contributed by atoms with Gasteiger partial charge in [0.05, 0.1) is 18.4 Å². The molecule has 0 aliphatic carbocycles. The lowest BCUT2D eigenvalue weighted by Crippen LogP contribution is -2.32. The number of carbonyl (C=O) groups excluding carboxylic acids is 1. The Morgan fingerprint density at radius 3 is 2.84 bits per heavy atom. The molecule has 1 saturated heterocycles. The Labute approximate surface area is 149 Å². The van der Waals surface area contributed by atoms with Crippen LogP contribution in [0.1, 0.15) is 5.56 Å². The minimum Gasteiger partial charge on any atom is -0.288 e. The Hall–Kier alpha value is -2.77. The molecule has 0 radical (unpaired) electrons. The number of rotatable bonds is 4. The SMILES string of the molecule is O=C1C(Cc2ccc(Cl)nc2)NCN1c1cc(-c2ccncc2)n[nH]1. The molecule has 0 bridgehead atoms. The number of hydrogen-bond donors (Lipinski definition) is 2. The molecule has 126 valence electrons. The van der Waals surface area contributed by atoms with Crippen LogP contribution in [0.4, 0.5) is 5.82 Å². The highest BCUT2D eigenvalue weighted by atomic mass is 35.5. The summed E-state index contributed by atoms with van der Waals surface area (Å²) in [5.74, 6) is 0.668. The monoisotopic (exact) mass is 354 g/mol. The molecule has 8 heteroatoms. The van der Waals surface area contributed by atoms with E-state index in [1.165, 1.54) is 0 Å². The first-order valence-electron chi connectivity index (χ1n) is 7.82. The van der Waals surface area contributed by atoms with Crippen LogP contribution in [0.3, 0.4) is 0 Å². The molecular weight excluding hydrogens is 340 g/mol. The van der Waals surface area contributed by atoms with Crippen LogP contribution in [0.5, 0.6) is 0 Å². The first kappa shape index (κ1) is 15.7. The zero-order valence-corrected chi connectivity index (χ0v) is 13.9. The quantitative estimate of drug-likeness (QED) is 0.700. The van der Waals surface area contributed by atoms with Crippen molar-refractivity contribution in [2.45, 2.75) is 12.5 Å². The summed E-state index contributed by atoms with van der Waals surface area (Å²) in [7, 11) is 0. The number of halogens is 1. The van der Waals surface area contributed by atoms with Crippen LogP contribution in [0.15, 0.2) is 48.9 Å². The van der Waals surface area contributed by atoms with Gasteiger partial charge in [0.2, 0.25) is 5.91 Å². The van der Waals surface area contributed by atoms with Gasteiger partial charge in [0.15, 0.2) is 0 Å². The van der Waals surface area contributed by atoms with E-state index in [1.54, 1.807) is 29.6 Å². The summed E-state index contributed by atoms with van der Waals surface area (Å²) in [6.45, 7) is 0.433. The van der Waals surface area contributed by atoms with E-state index in [9.17, 15) is 4.79 Å². The zero-order valence-electron chi connectivity index (χ0n) is 13.2. The van der Waals surface area contributed by atoms with Crippen molar-refractivity contribution in [3.05, 3.63) is 59.6 Å². The van der Waals surface area contributed by atoms with Gasteiger partial charge in [-0.15, -0.1) is 0 Å². The molecule has 25 heavy (non-hydrogen) atoms. The fraction of sp³-hybridized carbons (Fsp3) is 0.176. The van der Waals surface area contributed by atoms with E-state index in [4.69, 9.17) is 11.6 Å². The Morgan fingerprint density at radius 1 is 1.24 bits per heavy atom. The maximum absolute atomic E-state index is 12.7. The second-order valence-electron chi connectivity index (χ2n) is 5.75. The number of hydrogen-bond acceptors (Lipinski definition) is 5. The van der Waals surface area contributed by atoms with Gasteiger partial charge in [0.1, 0.15) is 11.0 Å². The van der Waals surface area contributed by atoms with Crippen LogP contribution in [0.2, 0.25) is 5.15 Å². The molecule has 1 atom stereocenters. The molecule has 2 N–H and O–H groups in total. The molecule has 7 nitrogen and oxygen atoms in total. The van der Waals surface area contributed by atoms with Gasteiger partial charge in [-0.05, 0) is 30.2 Å². The average molecular weight is 355 g/mol. The first-order chi connectivity index (χ1) is 12.2. The molecule has 1 amide bonds. The summed E-state index contributed by atoms with van der Waals surface area (Å²) in [5.41, 5.74) is 2.68. The topological polar surface area (TPSA) is 86.8 Å². The van der Waals surface area contributed by atoms with Gasteiger partial charge in [-0.2, -0.15) is 5.10 Å². The highest BCUT2D eigenvalue weighted by Crippen LogP contribution is 2.23. The van der Waals surface area contributed by atoms with E-state index < -0.39 is 0 Å². The second kappa shape index (κ2) is 6.62. The Bertz CT molecular complexity index is 880. The molecule has 0 aromatic carbocycles. The number of H-pyrrole nitrogens is 1. The fourth-order valence-electron chi connectivity index (χ4n) is 2.80. The lowest BCUT2D eigenvalue weighted by Gasteiger charge is -2.12.